The molecule has 1 aromatic carbocycles. The summed E-state index contributed by atoms with van der Waals surface area (Å²) in [4.78, 5) is 25.2. The van der Waals surface area contributed by atoms with Gasteiger partial charge in [0.25, 0.3) is 0 Å². The minimum absolute atomic E-state index is 0.208. The van der Waals surface area contributed by atoms with Crippen molar-refractivity contribution in [2.24, 2.45) is 5.92 Å². The van der Waals surface area contributed by atoms with Crippen LogP contribution in [0.1, 0.15) is 55.6 Å². The molecule has 5 heteroatoms. The fourth-order valence-electron chi connectivity index (χ4n) is 5.21. The maximum absolute atomic E-state index is 12.0. The number of nitrogens with zero attached hydrogens (tertiary/aromatic N) is 1. The van der Waals surface area contributed by atoms with Gasteiger partial charge in [-0.2, -0.15) is 0 Å². The number of aryl methyl sites for hydroxylation is 1. The molecule has 1 saturated heterocycles. The van der Waals surface area contributed by atoms with E-state index in [-0.39, 0.29) is 12.2 Å². The number of aliphatic carboxylic acids is 1. The van der Waals surface area contributed by atoms with E-state index in [1.165, 1.54) is 22.3 Å². The summed E-state index contributed by atoms with van der Waals surface area (Å²) in [6.45, 7) is 2.86. The number of allylic oxidation sites excluding steroid dienone is 4. The van der Waals surface area contributed by atoms with E-state index in [2.05, 4.69) is 23.1 Å². The SMILES string of the molecule is O=C(O)CCCN1CCC(C2C3=CCC(=O)C=C3CCc3ccc(Cl)cc32)CC1. The van der Waals surface area contributed by atoms with Crippen molar-refractivity contribution in [2.75, 3.05) is 19.6 Å². The summed E-state index contributed by atoms with van der Waals surface area (Å²) in [6, 6.07) is 6.28. The van der Waals surface area contributed by atoms with Crippen LogP contribution in [0.15, 0.2) is 41.5 Å². The zero-order chi connectivity index (χ0) is 20.4. The van der Waals surface area contributed by atoms with Crippen molar-refractivity contribution in [2.45, 2.75) is 50.9 Å². The minimum atomic E-state index is -0.718. The van der Waals surface area contributed by atoms with Gasteiger partial charge in [0.2, 0.25) is 0 Å². The molecule has 4 rings (SSSR count). The zero-order valence-electron chi connectivity index (χ0n) is 16.7. The molecule has 0 bridgehead atoms. The lowest BCUT2D eigenvalue weighted by molar-refractivity contribution is -0.137. The molecule has 1 N–H and O–H groups in total. The molecule has 1 atom stereocenters. The molecule has 0 saturated carbocycles. The molecule has 154 valence electrons. The zero-order valence-corrected chi connectivity index (χ0v) is 17.5. The topological polar surface area (TPSA) is 57.6 Å². The Bertz CT molecular complexity index is 865. The second-order valence-corrected chi connectivity index (χ2v) is 8.93. The van der Waals surface area contributed by atoms with Gasteiger partial charge in [0.05, 0.1) is 0 Å². The van der Waals surface area contributed by atoms with E-state index in [1.54, 1.807) is 0 Å². The van der Waals surface area contributed by atoms with Crippen molar-refractivity contribution in [3.63, 3.8) is 0 Å². The van der Waals surface area contributed by atoms with E-state index in [9.17, 15) is 9.59 Å². The number of halogens is 1. The monoisotopic (exact) mass is 413 g/mol. The normalized spacial score (nSPS) is 22.9. The first-order valence-corrected chi connectivity index (χ1v) is 11.1. The Labute approximate surface area is 177 Å². The number of carbonyl (C=O) groups excluding carboxylic acids is 1. The number of carbonyl (C=O) groups is 2. The minimum Gasteiger partial charge on any atom is -0.481 e. The molecule has 1 heterocycles. The lowest BCUT2D eigenvalue weighted by Crippen LogP contribution is -2.37. The Morgan fingerprint density at radius 2 is 2.00 bits per heavy atom. The Morgan fingerprint density at radius 1 is 1.21 bits per heavy atom. The van der Waals surface area contributed by atoms with Gasteiger partial charge in [-0.25, -0.2) is 0 Å². The lowest BCUT2D eigenvalue weighted by Gasteiger charge is -2.38. The third-order valence-corrected chi connectivity index (χ3v) is 6.87. The van der Waals surface area contributed by atoms with Gasteiger partial charge in [0.15, 0.2) is 5.78 Å². The Balaban J connectivity index is 1.56. The first-order valence-electron chi connectivity index (χ1n) is 10.7. The molecule has 1 fully saturated rings. The number of piperidine rings is 1. The second kappa shape index (κ2) is 8.85. The molecule has 1 aliphatic heterocycles. The summed E-state index contributed by atoms with van der Waals surface area (Å²) in [5.74, 6) is 0.306. The van der Waals surface area contributed by atoms with Gasteiger partial charge >= 0.3 is 5.97 Å². The molecule has 0 amide bonds. The summed E-state index contributed by atoms with van der Waals surface area (Å²) >= 11 is 6.39. The summed E-state index contributed by atoms with van der Waals surface area (Å²) in [5, 5.41) is 9.64. The molecular formula is C24H28ClNO3. The number of rotatable bonds is 5. The van der Waals surface area contributed by atoms with E-state index >= 15 is 0 Å². The summed E-state index contributed by atoms with van der Waals surface area (Å²) < 4.78 is 0. The van der Waals surface area contributed by atoms with Gasteiger partial charge in [0, 0.05) is 23.8 Å². The smallest absolute Gasteiger partial charge is 0.303 e. The third-order valence-electron chi connectivity index (χ3n) is 6.64. The van der Waals surface area contributed by atoms with Crippen LogP contribution in [0, 0.1) is 5.92 Å². The molecule has 0 radical (unpaired) electrons. The molecule has 1 aromatic rings. The van der Waals surface area contributed by atoms with Crippen molar-refractivity contribution in [1.29, 1.82) is 0 Å². The van der Waals surface area contributed by atoms with Gasteiger partial charge in [0.1, 0.15) is 0 Å². The number of hydrogen-bond acceptors (Lipinski definition) is 3. The van der Waals surface area contributed by atoms with Crippen LogP contribution in [0.2, 0.25) is 5.02 Å². The average Bonchev–Trinajstić information content (AvgIpc) is 2.84. The van der Waals surface area contributed by atoms with Crippen LogP contribution in [0.25, 0.3) is 0 Å². The molecule has 2 aliphatic carbocycles. The number of carboxylic acid groups (broad SMARTS) is 1. The Kier molecular flexibility index (Phi) is 6.21. The van der Waals surface area contributed by atoms with Crippen molar-refractivity contribution in [1.82, 2.24) is 4.90 Å². The average molecular weight is 414 g/mol. The third kappa shape index (κ3) is 4.65. The number of fused-ring (bicyclic) bond motifs is 2. The molecule has 4 nitrogen and oxygen atoms in total. The lowest BCUT2D eigenvalue weighted by atomic mass is 9.72. The van der Waals surface area contributed by atoms with Gasteiger partial charge in [-0.15, -0.1) is 0 Å². The van der Waals surface area contributed by atoms with Crippen LogP contribution >= 0.6 is 11.6 Å². The molecule has 29 heavy (non-hydrogen) atoms. The standard InChI is InChI=1S/C24H28ClNO3/c25-19-6-5-16-3-4-18-14-20(27)7-8-21(18)24(22(16)15-19)17-9-12-26(13-10-17)11-1-2-23(28)29/h5-6,8,14-15,17,24H,1-4,7,9-13H2,(H,28,29). The van der Waals surface area contributed by atoms with Crippen molar-refractivity contribution in [3.8, 4) is 0 Å². The van der Waals surface area contributed by atoms with Crippen LogP contribution in [0.5, 0.6) is 0 Å². The summed E-state index contributed by atoms with van der Waals surface area (Å²) in [7, 11) is 0. The predicted octanol–water partition coefficient (Wildman–Crippen LogP) is 4.77. The highest BCUT2D eigenvalue weighted by Gasteiger charge is 2.35. The second-order valence-electron chi connectivity index (χ2n) is 8.50. The van der Waals surface area contributed by atoms with E-state index in [0.29, 0.717) is 24.7 Å². The number of likely N-dealkylation sites (tertiary alicyclic amines) is 1. The van der Waals surface area contributed by atoms with Gasteiger partial charge in [-0.3, -0.25) is 9.59 Å². The summed E-state index contributed by atoms with van der Waals surface area (Å²) in [5.41, 5.74) is 5.25. The number of carboxylic acids is 1. The van der Waals surface area contributed by atoms with Crippen molar-refractivity contribution >= 4 is 23.4 Å². The van der Waals surface area contributed by atoms with E-state index in [4.69, 9.17) is 16.7 Å². The number of hydrogen-bond donors (Lipinski definition) is 1. The molecule has 0 aromatic heterocycles. The fraction of sp³-hybridized carbons (Fsp3) is 0.500. The van der Waals surface area contributed by atoms with Crippen LogP contribution in [-0.2, 0) is 16.0 Å². The van der Waals surface area contributed by atoms with Crippen LogP contribution in [0.4, 0.5) is 0 Å². The van der Waals surface area contributed by atoms with Crippen LogP contribution in [0.3, 0.4) is 0 Å². The highest BCUT2D eigenvalue weighted by atomic mass is 35.5. The van der Waals surface area contributed by atoms with Gasteiger partial charge in [-0.05, 0) is 98.1 Å². The maximum Gasteiger partial charge on any atom is 0.303 e. The van der Waals surface area contributed by atoms with Gasteiger partial charge < -0.3 is 10.0 Å². The Morgan fingerprint density at radius 3 is 2.76 bits per heavy atom. The maximum atomic E-state index is 12.0. The highest BCUT2D eigenvalue weighted by Crippen LogP contribution is 2.47. The number of ketones is 1. The van der Waals surface area contributed by atoms with Crippen LogP contribution in [-0.4, -0.2) is 41.4 Å². The molecule has 3 aliphatic rings. The fourth-order valence-corrected chi connectivity index (χ4v) is 5.39. The first kappa shape index (κ1) is 20.4. The van der Waals surface area contributed by atoms with Gasteiger partial charge in [-0.1, -0.05) is 23.7 Å². The highest BCUT2D eigenvalue weighted by molar-refractivity contribution is 6.30. The predicted molar refractivity (Wildman–Crippen MR) is 114 cm³/mol. The van der Waals surface area contributed by atoms with E-state index in [0.717, 1.165) is 50.3 Å². The molecule has 1 unspecified atom stereocenters. The quantitative estimate of drug-likeness (QED) is 0.755. The molecule has 0 spiro atoms. The largest absolute Gasteiger partial charge is 0.481 e. The van der Waals surface area contributed by atoms with Crippen LogP contribution < -0.4 is 0 Å². The summed E-state index contributed by atoms with van der Waals surface area (Å²) in [6.07, 6.45) is 9.52. The van der Waals surface area contributed by atoms with Crippen molar-refractivity contribution < 1.29 is 14.7 Å². The van der Waals surface area contributed by atoms with Crippen molar-refractivity contribution in [3.05, 3.63) is 57.6 Å². The Hall–Kier alpha value is -1.91. The van der Waals surface area contributed by atoms with E-state index < -0.39 is 5.97 Å². The first-order chi connectivity index (χ1) is 14.0. The van der Waals surface area contributed by atoms with E-state index in [1.807, 2.05) is 12.1 Å². The molecular weight excluding hydrogens is 386 g/mol. The number of benzene rings is 1.